The van der Waals surface area contributed by atoms with E-state index in [1.54, 1.807) is 0 Å². The first-order chi connectivity index (χ1) is 9.52. The Morgan fingerprint density at radius 3 is 3.00 bits per heavy atom. The van der Waals surface area contributed by atoms with E-state index in [0.29, 0.717) is 19.4 Å². The Morgan fingerprint density at radius 1 is 1.55 bits per heavy atom. The van der Waals surface area contributed by atoms with E-state index in [9.17, 15) is 14.0 Å². The summed E-state index contributed by atoms with van der Waals surface area (Å²) in [4.78, 5) is 28.9. The number of methoxy groups -OCH3 is 1. The van der Waals surface area contributed by atoms with E-state index >= 15 is 0 Å². The number of hydrogen-bond donors (Lipinski definition) is 0. The van der Waals surface area contributed by atoms with Crippen molar-refractivity contribution in [3.63, 3.8) is 0 Å². The number of rotatable bonds is 2. The first-order valence-electron chi connectivity index (χ1n) is 6.21. The highest BCUT2D eigenvalue weighted by molar-refractivity contribution is 6.32. The number of esters is 1. The maximum atomic E-state index is 13.2. The maximum absolute atomic E-state index is 13.2. The Labute approximate surface area is 120 Å². The largest absolute Gasteiger partial charge is 0.469 e. The minimum Gasteiger partial charge on any atom is -0.469 e. The van der Waals surface area contributed by atoms with Crippen molar-refractivity contribution in [2.24, 2.45) is 5.92 Å². The zero-order valence-electron chi connectivity index (χ0n) is 10.9. The number of piperidine rings is 1. The molecule has 2 rings (SSSR count). The van der Waals surface area contributed by atoms with Crippen LogP contribution in [-0.2, 0) is 9.53 Å². The van der Waals surface area contributed by atoms with Crippen LogP contribution in [0.3, 0.4) is 0 Å². The summed E-state index contributed by atoms with van der Waals surface area (Å²) in [6.45, 7) is 0.748. The number of aromatic nitrogens is 1. The summed E-state index contributed by atoms with van der Waals surface area (Å²) in [5, 5.41) is -0.0448. The number of likely N-dealkylation sites (tertiary alicyclic amines) is 1. The second-order valence-corrected chi connectivity index (χ2v) is 4.96. The Balaban J connectivity index is 2.16. The Hall–Kier alpha value is -1.69. The zero-order valence-corrected chi connectivity index (χ0v) is 11.7. The van der Waals surface area contributed by atoms with Gasteiger partial charge >= 0.3 is 5.97 Å². The molecule has 0 radical (unpaired) electrons. The molecule has 2 heterocycles. The lowest BCUT2D eigenvalue weighted by Crippen LogP contribution is -2.42. The topological polar surface area (TPSA) is 59.5 Å². The zero-order chi connectivity index (χ0) is 14.7. The molecule has 0 bridgehead atoms. The molecule has 1 aliphatic heterocycles. The minimum absolute atomic E-state index is 0.0113. The molecule has 1 atom stereocenters. The van der Waals surface area contributed by atoms with Crippen LogP contribution in [0.25, 0.3) is 0 Å². The molecule has 1 fully saturated rings. The molecule has 1 aromatic heterocycles. The summed E-state index contributed by atoms with van der Waals surface area (Å²) in [5.74, 6) is -1.74. The van der Waals surface area contributed by atoms with Crippen LogP contribution in [0.15, 0.2) is 12.3 Å². The monoisotopic (exact) mass is 300 g/mol. The van der Waals surface area contributed by atoms with Gasteiger partial charge in [-0.1, -0.05) is 11.6 Å². The van der Waals surface area contributed by atoms with Crippen LogP contribution in [0, 0.1) is 11.7 Å². The van der Waals surface area contributed by atoms with Gasteiger partial charge in [0, 0.05) is 13.1 Å². The highest BCUT2D eigenvalue weighted by Crippen LogP contribution is 2.22. The van der Waals surface area contributed by atoms with Gasteiger partial charge in [0.25, 0.3) is 5.91 Å². The summed E-state index contributed by atoms with van der Waals surface area (Å²) < 4.78 is 17.9. The predicted molar refractivity (Wildman–Crippen MR) is 69.8 cm³/mol. The third-order valence-corrected chi connectivity index (χ3v) is 3.58. The molecular formula is C13H14ClFN2O3. The number of nitrogens with zero attached hydrogens (tertiary/aromatic N) is 2. The van der Waals surface area contributed by atoms with Crippen LogP contribution in [-0.4, -0.2) is 42.0 Å². The highest BCUT2D eigenvalue weighted by atomic mass is 35.5. The highest BCUT2D eigenvalue weighted by Gasteiger charge is 2.30. The molecule has 0 N–H and O–H groups in total. The van der Waals surface area contributed by atoms with Gasteiger partial charge in [0.05, 0.1) is 24.8 Å². The van der Waals surface area contributed by atoms with Crippen LogP contribution in [0.4, 0.5) is 4.39 Å². The molecule has 1 amide bonds. The summed E-state index contributed by atoms with van der Waals surface area (Å²) in [5.41, 5.74) is 0.0113. The quantitative estimate of drug-likeness (QED) is 0.618. The third kappa shape index (κ3) is 3.07. The Kier molecular flexibility index (Phi) is 4.54. The molecule has 20 heavy (non-hydrogen) atoms. The average molecular weight is 301 g/mol. The molecule has 108 valence electrons. The number of pyridine rings is 1. The van der Waals surface area contributed by atoms with Gasteiger partial charge in [-0.3, -0.25) is 9.59 Å². The van der Waals surface area contributed by atoms with Crippen molar-refractivity contribution >= 4 is 23.5 Å². The smallest absolute Gasteiger partial charge is 0.310 e. The molecule has 0 unspecified atom stereocenters. The van der Waals surface area contributed by atoms with Gasteiger partial charge in [0.2, 0.25) is 0 Å². The Bertz CT molecular complexity index is 538. The molecule has 0 aliphatic carbocycles. The van der Waals surface area contributed by atoms with E-state index in [0.717, 1.165) is 12.3 Å². The van der Waals surface area contributed by atoms with E-state index in [1.807, 2.05) is 0 Å². The molecular weight excluding hydrogens is 287 g/mol. The van der Waals surface area contributed by atoms with Crippen molar-refractivity contribution in [1.29, 1.82) is 0 Å². The number of halogens is 2. The molecule has 1 saturated heterocycles. The molecule has 1 aromatic rings. The number of amides is 1. The van der Waals surface area contributed by atoms with Gasteiger partial charge < -0.3 is 9.64 Å². The minimum atomic E-state index is -0.626. The average Bonchev–Trinajstić information content (AvgIpc) is 2.48. The fourth-order valence-electron chi connectivity index (χ4n) is 2.26. The van der Waals surface area contributed by atoms with E-state index < -0.39 is 11.7 Å². The summed E-state index contributed by atoms with van der Waals surface area (Å²) in [6.07, 6.45) is 2.31. The van der Waals surface area contributed by atoms with Crippen molar-refractivity contribution in [3.8, 4) is 0 Å². The Morgan fingerprint density at radius 2 is 2.30 bits per heavy atom. The van der Waals surface area contributed by atoms with E-state index in [1.165, 1.54) is 12.0 Å². The van der Waals surface area contributed by atoms with Crippen LogP contribution in [0.5, 0.6) is 0 Å². The van der Waals surface area contributed by atoms with Crippen LogP contribution >= 0.6 is 11.6 Å². The molecule has 0 saturated carbocycles. The molecule has 7 heteroatoms. The number of hydrogen-bond acceptors (Lipinski definition) is 4. The van der Waals surface area contributed by atoms with Crippen LogP contribution < -0.4 is 0 Å². The van der Waals surface area contributed by atoms with Crippen molar-refractivity contribution in [3.05, 3.63) is 28.8 Å². The molecule has 1 aliphatic rings. The summed E-state index contributed by atoms with van der Waals surface area (Å²) in [7, 11) is 1.32. The lowest BCUT2D eigenvalue weighted by molar-refractivity contribution is -0.146. The molecule has 5 nitrogen and oxygen atoms in total. The standard InChI is InChI=1S/C13H14ClFN2O3/c1-20-13(19)8-3-2-4-17(7-8)12(18)10-5-9(15)6-16-11(10)14/h5-6,8H,2-4,7H2,1H3/t8-/m0/s1. The van der Waals surface area contributed by atoms with Gasteiger partial charge in [-0.05, 0) is 18.9 Å². The van der Waals surface area contributed by atoms with Gasteiger partial charge in [-0.15, -0.1) is 0 Å². The number of carbonyl (C=O) groups is 2. The SMILES string of the molecule is COC(=O)[C@H]1CCCN(C(=O)c2cc(F)cnc2Cl)C1. The fraction of sp³-hybridized carbons (Fsp3) is 0.462. The summed E-state index contributed by atoms with van der Waals surface area (Å²) >= 11 is 5.82. The summed E-state index contributed by atoms with van der Waals surface area (Å²) in [6, 6.07) is 1.05. The van der Waals surface area contributed by atoms with E-state index in [4.69, 9.17) is 16.3 Å². The molecule has 0 aromatic carbocycles. The predicted octanol–water partition coefficient (Wildman–Crippen LogP) is 1.90. The van der Waals surface area contributed by atoms with Gasteiger partial charge in [0.15, 0.2) is 0 Å². The number of carbonyl (C=O) groups excluding carboxylic acids is 2. The van der Waals surface area contributed by atoms with Gasteiger partial charge in [0.1, 0.15) is 11.0 Å². The normalized spacial score (nSPS) is 18.8. The number of ether oxygens (including phenoxy) is 1. The third-order valence-electron chi connectivity index (χ3n) is 3.28. The van der Waals surface area contributed by atoms with Crippen LogP contribution in [0.1, 0.15) is 23.2 Å². The van der Waals surface area contributed by atoms with Crippen molar-refractivity contribution in [1.82, 2.24) is 9.88 Å². The van der Waals surface area contributed by atoms with E-state index in [2.05, 4.69) is 4.98 Å². The second kappa shape index (κ2) is 6.17. The first-order valence-corrected chi connectivity index (χ1v) is 6.59. The van der Waals surface area contributed by atoms with Crippen molar-refractivity contribution < 1.29 is 18.7 Å². The maximum Gasteiger partial charge on any atom is 0.310 e. The fourth-order valence-corrected chi connectivity index (χ4v) is 2.45. The van der Waals surface area contributed by atoms with Gasteiger partial charge in [-0.25, -0.2) is 9.37 Å². The first kappa shape index (κ1) is 14.7. The lowest BCUT2D eigenvalue weighted by Gasteiger charge is -2.31. The van der Waals surface area contributed by atoms with Crippen molar-refractivity contribution in [2.45, 2.75) is 12.8 Å². The van der Waals surface area contributed by atoms with Crippen LogP contribution in [0.2, 0.25) is 5.15 Å². The van der Waals surface area contributed by atoms with Crippen molar-refractivity contribution in [2.75, 3.05) is 20.2 Å². The van der Waals surface area contributed by atoms with Gasteiger partial charge in [-0.2, -0.15) is 0 Å². The van der Waals surface area contributed by atoms with E-state index in [-0.39, 0.29) is 29.1 Å². The molecule has 0 spiro atoms. The second-order valence-electron chi connectivity index (χ2n) is 4.61. The lowest BCUT2D eigenvalue weighted by atomic mass is 9.97.